The quantitative estimate of drug-likeness (QED) is 0.583. The number of fused-ring (bicyclic) bond motifs is 1. The van der Waals surface area contributed by atoms with E-state index in [4.69, 9.17) is 0 Å². The van der Waals surface area contributed by atoms with E-state index in [9.17, 15) is 4.79 Å². The lowest BCUT2D eigenvalue weighted by molar-refractivity contribution is 0.549. The molecule has 0 aliphatic carbocycles. The first-order valence-electron chi connectivity index (χ1n) is 3.84. The molecule has 0 aliphatic rings. The zero-order valence-corrected chi connectivity index (χ0v) is 6.82. The summed E-state index contributed by atoms with van der Waals surface area (Å²) in [5, 5.41) is 1.11. The highest BCUT2D eigenvalue weighted by molar-refractivity contribution is 5.85. The van der Waals surface area contributed by atoms with Crippen LogP contribution in [0.3, 0.4) is 0 Å². The van der Waals surface area contributed by atoms with Crippen LogP contribution in [0.2, 0.25) is 0 Å². The van der Waals surface area contributed by atoms with Crippen molar-refractivity contribution < 1.29 is 4.79 Å². The van der Waals surface area contributed by atoms with Gasteiger partial charge in [0.15, 0.2) is 0 Å². The predicted molar refractivity (Wildman–Crippen MR) is 48.8 cm³/mol. The largest absolute Gasteiger partial charge is 0.290 e. The average molecular weight is 159 g/mol. The normalized spacial score (nSPS) is 10.4. The molecule has 2 aromatic rings. The molecule has 0 unspecified atom stereocenters. The summed E-state index contributed by atoms with van der Waals surface area (Å²) in [4.78, 5) is 10.5. The molecule has 0 atom stereocenters. The number of carbonyl (C=O) groups is 1. The summed E-state index contributed by atoms with van der Waals surface area (Å²) in [6, 6.07) is 7.97. The van der Waals surface area contributed by atoms with Crippen LogP contribution in [0, 0.1) is 6.92 Å². The third-order valence-electron chi connectivity index (χ3n) is 1.99. The van der Waals surface area contributed by atoms with Crippen LogP contribution in [0.25, 0.3) is 10.9 Å². The molecule has 0 spiro atoms. The first-order chi connectivity index (χ1) is 5.81. The number of rotatable bonds is 1. The minimum absolute atomic E-state index is 0.817. The van der Waals surface area contributed by atoms with Gasteiger partial charge in [-0.1, -0.05) is 11.6 Å². The Labute approximate surface area is 70.4 Å². The van der Waals surface area contributed by atoms with E-state index in [1.807, 2.05) is 25.1 Å². The second-order valence-electron chi connectivity index (χ2n) is 2.89. The van der Waals surface area contributed by atoms with E-state index in [0.29, 0.717) is 0 Å². The molecule has 0 aliphatic heterocycles. The summed E-state index contributed by atoms with van der Waals surface area (Å²) in [6.45, 7) is 2.04. The molecule has 1 aromatic carbocycles. The molecule has 1 heterocycles. The zero-order valence-electron chi connectivity index (χ0n) is 6.82. The van der Waals surface area contributed by atoms with Gasteiger partial charge in [0.1, 0.15) is 0 Å². The molecule has 0 bridgehead atoms. The van der Waals surface area contributed by atoms with Gasteiger partial charge in [-0.3, -0.25) is 9.36 Å². The van der Waals surface area contributed by atoms with Gasteiger partial charge in [-0.25, -0.2) is 0 Å². The average Bonchev–Trinajstić information content (AvgIpc) is 2.46. The minimum atomic E-state index is 0.817. The molecule has 2 heteroatoms. The van der Waals surface area contributed by atoms with Crippen molar-refractivity contribution in [1.29, 1.82) is 0 Å². The van der Waals surface area contributed by atoms with Crippen LogP contribution in [-0.2, 0) is 4.79 Å². The Morgan fingerprint density at radius 1 is 1.33 bits per heavy atom. The van der Waals surface area contributed by atoms with Gasteiger partial charge < -0.3 is 0 Å². The molecule has 60 valence electrons. The minimum Gasteiger partial charge on any atom is -0.290 e. The maximum atomic E-state index is 10.5. The van der Waals surface area contributed by atoms with E-state index < -0.39 is 0 Å². The van der Waals surface area contributed by atoms with Gasteiger partial charge in [-0.05, 0) is 25.1 Å². The molecular weight excluding hydrogens is 150 g/mol. The molecule has 2 rings (SSSR count). The Balaban J connectivity index is 2.81. The van der Waals surface area contributed by atoms with Crippen molar-refractivity contribution in [2.45, 2.75) is 6.92 Å². The van der Waals surface area contributed by atoms with Crippen LogP contribution in [0.5, 0.6) is 0 Å². The number of hydrogen-bond acceptors (Lipinski definition) is 1. The van der Waals surface area contributed by atoms with Gasteiger partial charge >= 0.3 is 0 Å². The van der Waals surface area contributed by atoms with Gasteiger partial charge in [0.2, 0.25) is 6.41 Å². The van der Waals surface area contributed by atoms with Crippen LogP contribution in [-0.4, -0.2) is 11.0 Å². The van der Waals surface area contributed by atoms with Crippen LogP contribution in [0.15, 0.2) is 30.5 Å². The predicted octanol–water partition coefficient (Wildman–Crippen LogP) is 1.99. The summed E-state index contributed by atoms with van der Waals surface area (Å²) < 4.78 is 1.58. The number of nitrogens with zero attached hydrogens (tertiary/aromatic N) is 1. The molecular formula is C10H9NO. The molecule has 12 heavy (non-hydrogen) atoms. The maximum Gasteiger partial charge on any atom is 0.218 e. The van der Waals surface area contributed by atoms with E-state index in [1.165, 1.54) is 5.56 Å². The molecule has 2 nitrogen and oxygen atoms in total. The van der Waals surface area contributed by atoms with Crippen LogP contribution in [0.1, 0.15) is 5.56 Å². The molecule has 0 fully saturated rings. The maximum absolute atomic E-state index is 10.5. The SMILES string of the molecule is Cc1ccc2c(ccn2C=O)c1. The van der Waals surface area contributed by atoms with Crippen LogP contribution < -0.4 is 0 Å². The van der Waals surface area contributed by atoms with E-state index in [0.717, 1.165) is 17.3 Å². The van der Waals surface area contributed by atoms with Crippen molar-refractivity contribution >= 4 is 17.3 Å². The Morgan fingerprint density at radius 2 is 2.17 bits per heavy atom. The number of benzene rings is 1. The summed E-state index contributed by atoms with van der Waals surface area (Å²) in [7, 11) is 0. The molecule has 0 N–H and O–H groups in total. The third kappa shape index (κ3) is 0.925. The molecule has 1 aromatic heterocycles. The Morgan fingerprint density at radius 3 is 2.92 bits per heavy atom. The standard InChI is InChI=1S/C10H9NO/c1-8-2-3-10-9(6-8)4-5-11(10)7-12/h2-7H,1H3. The third-order valence-corrected chi connectivity index (χ3v) is 1.99. The number of aromatic nitrogens is 1. The first kappa shape index (κ1) is 7.10. The summed E-state index contributed by atoms with van der Waals surface area (Å²) >= 11 is 0. The lowest BCUT2D eigenvalue weighted by atomic mass is 10.2. The highest BCUT2D eigenvalue weighted by Crippen LogP contribution is 2.15. The van der Waals surface area contributed by atoms with Crippen molar-refractivity contribution in [3.05, 3.63) is 36.0 Å². The van der Waals surface area contributed by atoms with E-state index in [2.05, 4.69) is 6.07 Å². The number of aryl methyl sites for hydroxylation is 1. The van der Waals surface area contributed by atoms with Gasteiger partial charge in [0, 0.05) is 11.6 Å². The Hall–Kier alpha value is -1.57. The van der Waals surface area contributed by atoms with Crippen molar-refractivity contribution in [2.24, 2.45) is 0 Å². The highest BCUT2D eigenvalue weighted by atomic mass is 16.1. The first-order valence-corrected chi connectivity index (χ1v) is 3.84. The van der Waals surface area contributed by atoms with Crippen LogP contribution >= 0.6 is 0 Å². The monoisotopic (exact) mass is 159 g/mol. The molecule has 0 radical (unpaired) electrons. The van der Waals surface area contributed by atoms with E-state index in [-0.39, 0.29) is 0 Å². The Kier molecular flexibility index (Phi) is 1.47. The van der Waals surface area contributed by atoms with Gasteiger partial charge in [-0.2, -0.15) is 0 Å². The van der Waals surface area contributed by atoms with Crippen molar-refractivity contribution in [2.75, 3.05) is 0 Å². The fourth-order valence-electron chi connectivity index (χ4n) is 1.38. The summed E-state index contributed by atoms with van der Waals surface area (Å²) in [6.07, 6.45) is 2.59. The van der Waals surface area contributed by atoms with Crippen molar-refractivity contribution in [3.8, 4) is 0 Å². The van der Waals surface area contributed by atoms with Gasteiger partial charge in [0.25, 0.3) is 0 Å². The van der Waals surface area contributed by atoms with Crippen molar-refractivity contribution in [3.63, 3.8) is 0 Å². The van der Waals surface area contributed by atoms with Crippen LogP contribution in [0.4, 0.5) is 0 Å². The van der Waals surface area contributed by atoms with E-state index in [1.54, 1.807) is 10.8 Å². The number of hydrogen-bond donors (Lipinski definition) is 0. The van der Waals surface area contributed by atoms with Crippen molar-refractivity contribution in [1.82, 2.24) is 4.57 Å². The highest BCUT2D eigenvalue weighted by Gasteiger charge is 1.98. The number of carbonyl (C=O) groups excluding carboxylic acids is 1. The molecule has 0 saturated carbocycles. The summed E-state index contributed by atoms with van der Waals surface area (Å²) in [5.74, 6) is 0. The lowest BCUT2D eigenvalue weighted by Crippen LogP contribution is -1.90. The Bertz CT molecular complexity index is 428. The van der Waals surface area contributed by atoms with Gasteiger partial charge in [-0.15, -0.1) is 0 Å². The van der Waals surface area contributed by atoms with E-state index >= 15 is 0 Å². The molecule has 0 saturated heterocycles. The van der Waals surface area contributed by atoms with Gasteiger partial charge in [0.05, 0.1) is 5.52 Å². The fraction of sp³-hybridized carbons (Fsp3) is 0.100. The summed E-state index contributed by atoms with van der Waals surface area (Å²) in [5.41, 5.74) is 2.18. The molecule has 0 amide bonds. The smallest absolute Gasteiger partial charge is 0.218 e. The zero-order chi connectivity index (χ0) is 8.55. The second-order valence-corrected chi connectivity index (χ2v) is 2.89. The fourth-order valence-corrected chi connectivity index (χ4v) is 1.38. The topological polar surface area (TPSA) is 22.0 Å². The lowest BCUT2D eigenvalue weighted by Gasteiger charge is -1.95. The second kappa shape index (κ2) is 2.48.